The number of anilines is 1. The van der Waals surface area contributed by atoms with Crippen molar-refractivity contribution in [1.29, 1.82) is 5.26 Å². The summed E-state index contributed by atoms with van der Waals surface area (Å²) < 4.78 is 5.80. The molecule has 0 radical (unpaired) electrons. The molecule has 0 N–H and O–H groups in total. The van der Waals surface area contributed by atoms with E-state index in [9.17, 15) is 14.4 Å². The fourth-order valence-corrected chi connectivity index (χ4v) is 4.00. The summed E-state index contributed by atoms with van der Waals surface area (Å²) in [6.45, 7) is 1.91. The third kappa shape index (κ3) is 4.91. The van der Waals surface area contributed by atoms with Gasteiger partial charge in [-0.25, -0.2) is 4.99 Å². The number of benzene rings is 2. The molecule has 170 valence electrons. The lowest BCUT2D eigenvalue weighted by Gasteiger charge is -2.22. The first-order valence-corrected chi connectivity index (χ1v) is 10.9. The average molecular weight is 495 g/mol. The van der Waals surface area contributed by atoms with Gasteiger partial charge in [-0.2, -0.15) is 15.4 Å². The maximum atomic E-state index is 12.4. The Morgan fingerprint density at radius 3 is 2.53 bits per heavy atom. The summed E-state index contributed by atoms with van der Waals surface area (Å²) in [5.74, 6) is -1.13. The number of hydrazone groups is 1. The number of ketones is 2. The molecule has 8 nitrogen and oxygen atoms in total. The van der Waals surface area contributed by atoms with Gasteiger partial charge in [-0.15, -0.1) is 0 Å². The highest BCUT2D eigenvalue weighted by Gasteiger charge is 2.29. The zero-order valence-corrected chi connectivity index (χ0v) is 19.4. The van der Waals surface area contributed by atoms with Crippen LogP contribution in [-0.4, -0.2) is 35.6 Å². The molecule has 34 heavy (non-hydrogen) atoms. The summed E-state index contributed by atoms with van der Waals surface area (Å²) in [6.07, 6.45) is 1.50. The second kappa shape index (κ2) is 9.59. The molecule has 2 aromatic carbocycles. The number of hydrogen-bond donors (Lipinski definition) is 0. The van der Waals surface area contributed by atoms with Crippen LogP contribution in [0.5, 0.6) is 5.75 Å². The van der Waals surface area contributed by atoms with Crippen LogP contribution >= 0.6 is 23.2 Å². The smallest absolute Gasteiger partial charge is 0.255 e. The number of carbonyl (C=O) groups excluding carboxylic acids is 3. The van der Waals surface area contributed by atoms with Gasteiger partial charge in [0.05, 0.1) is 22.2 Å². The number of Topliss-reactive ketones (excluding diaryl/α,β-unsaturated/α-hetero) is 2. The van der Waals surface area contributed by atoms with Crippen molar-refractivity contribution in [3.63, 3.8) is 0 Å². The number of ether oxygens (including phenoxy) is 1. The van der Waals surface area contributed by atoms with Crippen LogP contribution in [0.3, 0.4) is 0 Å². The monoisotopic (exact) mass is 494 g/mol. The largest absolute Gasteiger partial charge is 0.436 e. The van der Waals surface area contributed by atoms with Crippen molar-refractivity contribution < 1.29 is 19.1 Å². The maximum absolute atomic E-state index is 12.4. The molecule has 0 unspecified atom stereocenters. The molecule has 0 saturated carbocycles. The van der Waals surface area contributed by atoms with Crippen LogP contribution in [0.4, 0.5) is 5.69 Å². The van der Waals surface area contributed by atoms with Crippen molar-refractivity contribution in [3.05, 3.63) is 69.2 Å². The topological polar surface area (TPSA) is 112 Å². The minimum Gasteiger partial charge on any atom is -0.436 e. The van der Waals surface area contributed by atoms with Crippen LogP contribution in [0.15, 0.2) is 58.1 Å². The third-order valence-electron chi connectivity index (χ3n) is 5.06. The fourth-order valence-electron chi connectivity index (χ4n) is 3.44. The van der Waals surface area contributed by atoms with E-state index < -0.39 is 18.1 Å². The van der Waals surface area contributed by atoms with Gasteiger partial charge in [0.2, 0.25) is 17.4 Å². The second-order valence-corrected chi connectivity index (χ2v) is 8.43. The van der Waals surface area contributed by atoms with Gasteiger partial charge in [-0.3, -0.25) is 14.4 Å². The first-order chi connectivity index (χ1) is 16.2. The minimum atomic E-state index is -0.654. The number of halogens is 2. The van der Waals surface area contributed by atoms with E-state index in [0.29, 0.717) is 12.0 Å². The van der Waals surface area contributed by atoms with Crippen LogP contribution < -0.4 is 9.75 Å². The Kier molecular flexibility index (Phi) is 6.59. The van der Waals surface area contributed by atoms with Crippen molar-refractivity contribution in [3.8, 4) is 11.8 Å². The Morgan fingerprint density at radius 2 is 1.85 bits per heavy atom. The number of carbonyl (C=O) groups is 3. The number of aliphatic imine (C=N–C) groups is 1. The van der Waals surface area contributed by atoms with Crippen molar-refractivity contribution in [2.45, 2.75) is 19.8 Å². The van der Waals surface area contributed by atoms with Crippen molar-refractivity contribution >= 4 is 58.0 Å². The van der Waals surface area contributed by atoms with Crippen molar-refractivity contribution in [2.75, 3.05) is 11.6 Å². The van der Waals surface area contributed by atoms with Crippen molar-refractivity contribution in [2.24, 2.45) is 10.1 Å². The van der Waals surface area contributed by atoms with Gasteiger partial charge in [0.1, 0.15) is 12.6 Å². The molecule has 0 atom stereocenters. The summed E-state index contributed by atoms with van der Waals surface area (Å²) in [6, 6.07) is 12.3. The highest BCUT2D eigenvalue weighted by Crippen LogP contribution is 2.38. The van der Waals surface area contributed by atoms with E-state index in [2.05, 4.69) is 10.1 Å². The Hall–Kier alpha value is -3.80. The Bertz CT molecular complexity index is 1350. The van der Waals surface area contributed by atoms with E-state index in [1.807, 2.05) is 31.2 Å². The summed E-state index contributed by atoms with van der Waals surface area (Å²) >= 11 is 12.7. The highest BCUT2D eigenvalue weighted by atomic mass is 35.5. The standard InChI is InChI=1S/C24H16Cl2N4O4/c1-13-3-2-4-14(5-13)6-15-7-22(28-12-21(15)32)34-24-17(25)8-16(9-18(24)26)30-23(33)10-20(31)19(11-27)29-30/h2-5,7-9H,6,10,12H2,1H3. The van der Waals surface area contributed by atoms with E-state index in [1.165, 1.54) is 12.1 Å². The zero-order valence-electron chi connectivity index (χ0n) is 17.8. The molecule has 0 aromatic heterocycles. The lowest BCUT2D eigenvalue weighted by molar-refractivity contribution is -0.124. The third-order valence-corrected chi connectivity index (χ3v) is 5.63. The van der Waals surface area contributed by atoms with E-state index in [1.54, 1.807) is 12.1 Å². The quantitative estimate of drug-likeness (QED) is 0.595. The molecule has 1 amide bonds. The van der Waals surface area contributed by atoms with E-state index in [0.717, 1.165) is 16.1 Å². The van der Waals surface area contributed by atoms with Crippen LogP contribution in [0.2, 0.25) is 10.0 Å². The Morgan fingerprint density at radius 1 is 1.12 bits per heavy atom. The number of hydrogen-bond acceptors (Lipinski definition) is 7. The molecule has 0 fully saturated rings. The molecule has 0 bridgehead atoms. The van der Waals surface area contributed by atoms with Crippen LogP contribution in [-0.2, 0) is 20.8 Å². The maximum Gasteiger partial charge on any atom is 0.255 e. The number of dihydropyridines is 1. The van der Waals surface area contributed by atoms with Gasteiger partial charge in [-0.05, 0) is 24.6 Å². The van der Waals surface area contributed by atoms with Crippen LogP contribution in [0, 0.1) is 18.3 Å². The summed E-state index contributed by atoms with van der Waals surface area (Å²) in [4.78, 5) is 40.4. The van der Waals surface area contributed by atoms with Gasteiger partial charge in [-0.1, -0.05) is 53.0 Å². The first-order valence-electron chi connectivity index (χ1n) is 10.1. The number of amides is 1. The lowest BCUT2D eigenvalue weighted by Crippen LogP contribution is -2.36. The number of nitrogens with zero attached hydrogens (tertiary/aromatic N) is 4. The van der Waals surface area contributed by atoms with Gasteiger partial charge in [0.25, 0.3) is 5.91 Å². The fraction of sp³-hybridized carbons (Fsp3) is 0.167. The van der Waals surface area contributed by atoms with E-state index >= 15 is 0 Å². The summed E-state index contributed by atoms with van der Waals surface area (Å²) in [7, 11) is 0. The molecule has 2 aliphatic rings. The van der Waals surface area contributed by atoms with Gasteiger partial charge < -0.3 is 4.74 Å². The predicted octanol–water partition coefficient (Wildman–Crippen LogP) is 4.02. The van der Waals surface area contributed by atoms with Gasteiger partial charge in [0, 0.05) is 18.1 Å². The molecule has 2 aliphatic heterocycles. The molecule has 2 aromatic rings. The number of rotatable bonds is 4. The summed E-state index contributed by atoms with van der Waals surface area (Å²) in [5, 5.41) is 13.8. The molecule has 4 rings (SSSR count). The Labute approximate surface area is 204 Å². The Balaban J connectivity index is 1.59. The van der Waals surface area contributed by atoms with E-state index in [4.69, 9.17) is 33.2 Å². The molecular formula is C24H16Cl2N4O4. The number of nitriles is 1. The van der Waals surface area contributed by atoms with Crippen LogP contribution in [0.1, 0.15) is 17.5 Å². The minimum absolute atomic E-state index is 0.0501. The SMILES string of the molecule is Cc1cccc(CC2=CC(Oc3c(Cl)cc(N4N=C(C#N)C(=O)CC4=O)cc3Cl)=NCC2=O)c1. The van der Waals surface area contributed by atoms with Gasteiger partial charge >= 0.3 is 0 Å². The zero-order chi connectivity index (χ0) is 24.4. The average Bonchev–Trinajstić information content (AvgIpc) is 2.78. The second-order valence-electron chi connectivity index (χ2n) is 7.62. The summed E-state index contributed by atoms with van der Waals surface area (Å²) in [5.41, 5.74) is 2.40. The first kappa shape index (κ1) is 23.4. The molecule has 0 saturated heterocycles. The number of aryl methyl sites for hydroxylation is 1. The molecular weight excluding hydrogens is 479 g/mol. The van der Waals surface area contributed by atoms with Gasteiger partial charge in [0.15, 0.2) is 11.5 Å². The van der Waals surface area contributed by atoms with E-state index in [-0.39, 0.29) is 45.4 Å². The molecule has 2 heterocycles. The molecule has 0 spiro atoms. The normalized spacial score (nSPS) is 16.0. The molecule has 0 aliphatic carbocycles. The highest BCUT2D eigenvalue weighted by molar-refractivity contribution is 6.50. The van der Waals surface area contributed by atoms with Crippen molar-refractivity contribution in [1.82, 2.24) is 0 Å². The van der Waals surface area contributed by atoms with Crippen LogP contribution in [0.25, 0.3) is 0 Å². The molecule has 10 heteroatoms. The lowest BCUT2D eigenvalue weighted by atomic mass is 9.99. The predicted molar refractivity (Wildman–Crippen MR) is 128 cm³/mol.